The molecule has 0 aromatic heterocycles. The molecule has 0 bridgehead atoms. The minimum atomic E-state index is 0.221. The molecule has 0 aromatic carbocycles. The van der Waals surface area contributed by atoms with E-state index in [2.05, 4.69) is 0 Å². The fourth-order valence-electron chi connectivity index (χ4n) is 0.728. The smallest absolute Gasteiger partial charge is 0.156 e. The summed E-state index contributed by atoms with van der Waals surface area (Å²) in [6.45, 7) is 4.71. The SMILES string of the molecule is CC(C)=CC(=O)CCN(C)C. The summed E-state index contributed by atoms with van der Waals surface area (Å²) in [6.07, 6.45) is 2.32. The van der Waals surface area contributed by atoms with Gasteiger partial charge in [0.2, 0.25) is 0 Å². The third-order valence-electron chi connectivity index (χ3n) is 1.26. The van der Waals surface area contributed by atoms with E-state index in [1.807, 2.05) is 32.8 Å². The Morgan fingerprint density at radius 1 is 1.36 bits per heavy atom. The van der Waals surface area contributed by atoms with E-state index in [0.717, 1.165) is 12.1 Å². The molecule has 0 heterocycles. The van der Waals surface area contributed by atoms with Crippen LogP contribution in [0.15, 0.2) is 11.6 Å². The number of nitrogens with zero attached hydrogens (tertiary/aromatic N) is 1. The van der Waals surface area contributed by atoms with Crippen LogP contribution in [0.1, 0.15) is 20.3 Å². The summed E-state index contributed by atoms with van der Waals surface area (Å²) in [7, 11) is 3.94. The summed E-state index contributed by atoms with van der Waals surface area (Å²) >= 11 is 0. The van der Waals surface area contributed by atoms with Crippen LogP contribution < -0.4 is 0 Å². The quantitative estimate of drug-likeness (QED) is 0.573. The fourth-order valence-corrected chi connectivity index (χ4v) is 0.728. The van der Waals surface area contributed by atoms with Gasteiger partial charge in [0.05, 0.1) is 0 Å². The zero-order valence-electron chi connectivity index (χ0n) is 7.85. The molecule has 0 fully saturated rings. The van der Waals surface area contributed by atoms with Crippen LogP contribution in [0.4, 0.5) is 0 Å². The van der Waals surface area contributed by atoms with Crippen LogP contribution in [-0.2, 0) is 4.79 Å². The van der Waals surface area contributed by atoms with Crippen molar-refractivity contribution in [2.75, 3.05) is 20.6 Å². The van der Waals surface area contributed by atoms with Gasteiger partial charge >= 0.3 is 0 Å². The van der Waals surface area contributed by atoms with Gasteiger partial charge in [-0.25, -0.2) is 0 Å². The van der Waals surface area contributed by atoms with Gasteiger partial charge in [-0.15, -0.1) is 0 Å². The molecule has 0 amide bonds. The van der Waals surface area contributed by atoms with E-state index >= 15 is 0 Å². The van der Waals surface area contributed by atoms with E-state index in [9.17, 15) is 4.79 Å². The molecule has 0 aliphatic rings. The lowest BCUT2D eigenvalue weighted by Gasteiger charge is -2.06. The Morgan fingerprint density at radius 2 is 1.91 bits per heavy atom. The molecular weight excluding hydrogens is 138 g/mol. The van der Waals surface area contributed by atoms with Gasteiger partial charge in [-0.3, -0.25) is 4.79 Å². The molecule has 64 valence electrons. The second-order valence-corrected chi connectivity index (χ2v) is 3.24. The number of hydrogen-bond acceptors (Lipinski definition) is 2. The first-order valence-corrected chi connectivity index (χ1v) is 3.85. The van der Waals surface area contributed by atoms with E-state index in [1.54, 1.807) is 6.08 Å². The number of hydrogen-bond donors (Lipinski definition) is 0. The zero-order chi connectivity index (χ0) is 8.85. The van der Waals surface area contributed by atoms with Gasteiger partial charge in [0.1, 0.15) is 0 Å². The molecular formula is C9H17NO. The third-order valence-corrected chi connectivity index (χ3v) is 1.26. The van der Waals surface area contributed by atoms with Crippen molar-refractivity contribution in [3.63, 3.8) is 0 Å². The average Bonchev–Trinajstić information content (AvgIpc) is 1.82. The molecule has 11 heavy (non-hydrogen) atoms. The molecule has 0 aromatic rings. The van der Waals surface area contributed by atoms with Crippen LogP contribution in [-0.4, -0.2) is 31.3 Å². The molecule has 0 rings (SSSR count). The zero-order valence-corrected chi connectivity index (χ0v) is 7.85. The fraction of sp³-hybridized carbons (Fsp3) is 0.667. The van der Waals surface area contributed by atoms with E-state index < -0.39 is 0 Å². The number of rotatable bonds is 4. The molecule has 0 saturated heterocycles. The first-order chi connectivity index (χ1) is 5.02. The summed E-state index contributed by atoms with van der Waals surface area (Å²) in [5.41, 5.74) is 1.08. The molecule has 0 radical (unpaired) electrons. The highest BCUT2D eigenvalue weighted by Crippen LogP contribution is 1.93. The molecule has 0 saturated carbocycles. The molecule has 0 spiro atoms. The highest BCUT2D eigenvalue weighted by Gasteiger charge is 1.97. The van der Waals surface area contributed by atoms with Crippen molar-refractivity contribution in [2.45, 2.75) is 20.3 Å². The van der Waals surface area contributed by atoms with Crippen molar-refractivity contribution in [1.29, 1.82) is 0 Å². The van der Waals surface area contributed by atoms with Crippen molar-refractivity contribution in [1.82, 2.24) is 4.90 Å². The van der Waals surface area contributed by atoms with Crippen molar-refractivity contribution < 1.29 is 4.79 Å². The minimum absolute atomic E-state index is 0.221. The van der Waals surface area contributed by atoms with Crippen LogP contribution in [0.5, 0.6) is 0 Å². The summed E-state index contributed by atoms with van der Waals surface area (Å²) in [6, 6.07) is 0. The van der Waals surface area contributed by atoms with Crippen LogP contribution in [0.25, 0.3) is 0 Å². The summed E-state index contributed by atoms with van der Waals surface area (Å²) in [5.74, 6) is 0.221. The lowest BCUT2D eigenvalue weighted by Crippen LogP contribution is -2.15. The maximum absolute atomic E-state index is 11.1. The van der Waals surface area contributed by atoms with E-state index in [1.165, 1.54) is 0 Å². The maximum atomic E-state index is 11.1. The second kappa shape index (κ2) is 5.08. The van der Waals surface area contributed by atoms with Crippen LogP contribution >= 0.6 is 0 Å². The van der Waals surface area contributed by atoms with E-state index in [-0.39, 0.29) is 5.78 Å². The Kier molecular flexibility index (Phi) is 4.79. The number of carbonyl (C=O) groups is 1. The first kappa shape index (κ1) is 10.4. The standard InChI is InChI=1S/C9H17NO/c1-8(2)7-9(11)5-6-10(3)4/h7H,5-6H2,1-4H3. The monoisotopic (exact) mass is 155 g/mol. The van der Waals surface area contributed by atoms with Gasteiger partial charge in [-0.2, -0.15) is 0 Å². The van der Waals surface area contributed by atoms with Crippen molar-refractivity contribution in [3.05, 3.63) is 11.6 Å². The Balaban J connectivity index is 3.63. The first-order valence-electron chi connectivity index (χ1n) is 3.85. The number of allylic oxidation sites excluding steroid dienone is 2. The Labute approximate surface area is 68.9 Å². The van der Waals surface area contributed by atoms with Crippen LogP contribution in [0, 0.1) is 0 Å². The predicted molar refractivity (Wildman–Crippen MR) is 47.6 cm³/mol. The minimum Gasteiger partial charge on any atom is -0.309 e. The Bertz CT molecular complexity index is 155. The van der Waals surface area contributed by atoms with Crippen molar-refractivity contribution >= 4 is 5.78 Å². The predicted octanol–water partition coefficient (Wildman–Crippen LogP) is 1.47. The van der Waals surface area contributed by atoms with Gasteiger partial charge in [-0.1, -0.05) is 5.57 Å². The largest absolute Gasteiger partial charge is 0.309 e. The van der Waals surface area contributed by atoms with Crippen LogP contribution in [0.2, 0.25) is 0 Å². The molecule has 0 aliphatic carbocycles. The molecule has 2 nitrogen and oxygen atoms in total. The van der Waals surface area contributed by atoms with Gasteiger partial charge in [0.15, 0.2) is 5.78 Å². The molecule has 2 heteroatoms. The van der Waals surface area contributed by atoms with Gasteiger partial charge in [0, 0.05) is 13.0 Å². The Hall–Kier alpha value is -0.630. The van der Waals surface area contributed by atoms with E-state index in [4.69, 9.17) is 0 Å². The third kappa shape index (κ3) is 7.26. The molecule has 0 atom stereocenters. The summed E-state index contributed by atoms with van der Waals surface area (Å²) in [4.78, 5) is 13.1. The van der Waals surface area contributed by atoms with Gasteiger partial charge in [0.25, 0.3) is 0 Å². The second-order valence-electron chi connectivity index (χ2n) is 3.24. The topological polar surface area (TPSA) is 20.3 Å². The summed E-state index contributed by atoms with van der Waals surface area (Å²) in [5, 5.41) is 0. The lowest BCUT2D eigenvalue weighted by atomic mass is 10.2. The lowest BCUT2D eigenvalue weighted by molar-refractivity contribution is -0.114. The maximum Gasteiger partial charge on any atom is 0.156 e. The van der Waals surface area contributed by atoms with Crippen molar-refractivity contribution in [2.24, 2.45) is 0 Å². The number of ketones is 1. The highest BCUT2D eigenvalue weighted by atomic mass is 16.1. The van der Waals surface area contributed by atoms with Gasteiger partial charge in [-0.05, 0) is 34.0 Å². The summed E-state index contributed by atoms with van der Waals surface area (Å²) < 4.78 is 0. The Morgan fingerprint density at radius 3 is 2.27 bits per heavy atom. The van der Waals surface area contributed by atoms with Crippen LogP contribution in [0.3, 0.4) is 0 Å². The molecule has 0 aliphatic heterocycles. The highest BCUT2D eigenvalue weighted by molar-refractivity contribution is 5.90. The molecule has 0 unspecified atom stereocenters. The van der Waals surface area contributed by atoms with Crippen molar-refractivity contribution in [3.8, 4) is 0 Å². The molecule has 0 N–H and O–H groups in total. The average molecular weight is 155 g/mol. The normalized spacial score (nSPS) is 9.91. The van der Waals surface area contributed by atoms with E-state index in [0.29, 0.717) is 6.42 Å². The van der Waals surface area contributed by atoms with Gasteiger partial charge < -0.3 is 4.90 Å². The number of carbonyl (C=O) groups excluding carboxylic acids is 1.